The minimum atomic E-state index is -0.223. The Morgan fingerprint density at radius 3 is 2.50 bits per heavy atom. The zero-order valence-corrected chi connectivity index (χ0v) is 17.2. The normalized spacial score (nSPS) is 25.4. The minimum Gasteiger partial charge on any atom is -0.379 e. The molecule has 1 saturated heterocycles. The van der Waals surface area contributed by atoms with E-state index in [-0.39, 0.29) is 30.5 Å². The molecule has 2 N–H and O–H groups in total. The largest absolute Gasteiger partial charge is 0.379 e. The molecule has 1 aliphatic heterocycles. The molecule has 2 heterocycles. The zero-order valence-electron chi connectivity index (χ0n) is 17.2. The molecule has 1 saturated carbocycles. The predicted molar refractivity (Wildman–Crippen MR) is 114 cm³/mol. The molecule has 158 valence electrons. The molecule has 0 unspecified atom stereocenters. The highest BCUT2D eigenvalue weighted by molar-refractivity contribution is 5.96. The number of benzene rings is 1. The van der Waals surface area contributed by atoms with E-state index < -0.39 is 0 Å². The van der Waals surface area contributed by atoms with Gasteiger partial charge in [0.25, 0.3) is 5.91 Å². The van der Waals surface area contributed by atoms with Gasteiger partial charge in [-0.25, -0.2) is 4.98 Å². The first-order chi connectivity index (χ1) is 14.6. The first-order valence-corrected chi connectivity index (χ1v) is 10.5. The van der Waals surface area contributed by atoms with E-state index in [2.05, 4.69) is 15.6 Å². The highest BCUT2D eigenvalue weighted by Crippen LogP contribution is 2.38. The Morgan fingerprint density at radius 2 is 1.80 bits per heavy atom. The molecule has 0 bridgehead atoms. The van der Waals surface area contributed by atoms with Crippen molar-refractivity contribution in [3.05, 3.63) is 60.3 Å². The van der Waals surface area contributed by atoms with Crippen molar-refractivity contribution in [2.45, 2.75) is 25.0 Å². The van der Waals surface area contributed by atoms with E-state index in [1.54, 1.807) is 25.4 Å². The molecule has 4 rings (SSSR count). The highest BCUT2D eigenvalue weighted by atomic mass is 16.5. The van der Waals surface area contributed by atoms with Crippen molar-refractivity contribution >= 4 is 17.6 Å². The van der Waals surface area contributed by atoms with E-state index in [9.17, 15) is 9.59 Å². The summed E-state index contributed by atoms with van der Waals surface area (Å²) in [7, 11) is 1.75. The molecule has 4 atom stereocenters. The summed E-state index contributed by atoms with van der Waals surface area (Å²) in [6, 6.07) is 14.9. The maximum absolute atomic E-state index is 12.7. The number of aromatic nitrogens is 1. The number of pyridine rings is 1. The van der Waals surface area contributed by atoms with Gasteiger partial charge in [-0.05, 0) is 48.9 Å². The van der Waals surface area contributed by atoms with Crippen molar-refractivity contribution in [3.63, 3.8) is 0 Å². The van der Waals surface area contributed by atoms with Crippen LogP contribution in [0.15, 0.2) is 54.7 Å². The topological polar surface area (TPSA) is 83.6 Å². The number of rotatable bonds is 6. The zero-order chi connectivity index (χ0) is 20.9. The fraction of sp³-hybridized carbons (Fsp3) is 0.435. The molecule has 1 aromatic heterocycles. The predicted octanol–water partition coefficient (Wildman–Crippen LogP) is 2.18. The van der Waals surface area contributed by atoms with Crippen LogP contribution in [0.1, 0.15) is 23.2 Å². The maximum atomic E-state index is 12.7. The van der Waals surface area contributed by atoms with E-state index in [0.29, 0.717) is 17.4 Å². The van der Waals surface area contributed by atoms with Crippen molar-refractivity contribution in [2.75, 3.05) is 32.1 Å². The first kappa shape index (κ1) is 20.3. The molecule has 7 heteroatoms. The second-order valence-corrected chi connectivity index (χ2v) is 8.08. The number of anilines is 1. The lowest BCUT2D eigenvalue weighted by atomic mass is 9.77. The number of fused-ring (bicyclic) bond motifs is 1. The van der Waals surface area contributed by atoms with E-state index in [1.165, 1.54) is 0 Å². The number of carbonyl (C=O) groups excluding carboxylic acids is 2. The lowest BCUT2D eigenvalue weighted by molar-refractivity contribution is -0.129. The van der Waals surface area contributed by atoms with Gasteiger partial charge in [0.2, 0.25) is 5.91 Å². The molecule has 0 radical (unpaired) electrons. The molecule has 2 fully saturated rings. The Balaban J connectivity index is 1.32. The van der Waals surface area contributed by atoms with Gasteiger partial charge in [0, 0.05) is 32.0 Å². The molecular formula is C23H28N4O3. The minimum absolute atomic E-state index is 0.0243. The van der Waals surface area contributed by atoms with Crippen LogP contribution >= 0.6 is 0 Å². The van der Waals surface area contributed by atoms with Crippen molar-refractivity contribution in [2.24, 2.45) is 11.8 Å². The third-order valence-corrected chi connectivity index (χ3v) is 6.21. The second-order valence-electron chi connectivity index (χ2n) is 8.08. The van der Waals surface area contributed by atoms with E-state index in [1.807, 2.05) is 41.3 Å². The van der Waals surface area contributed by atoms with Crippen LogP contribution in [0.3, 0.4) is 0 Å². The average molecular weight is 409 g/mol. The Bertz CT molecular complexity index is 861. The number of ether oxygens (including phenoxy) is 1. The smallest absolute Gasteiger partial charge is 0.251 e. The van der Waals surface area contributed by atoms with Gasteiger partial charge in [-0.3, -0.25) is 9.59 Å². The number of amides is 2. The summed E-state index contributed by atoms with van der Waals surface area (Å²) < 4.78 is 5.76. The summed E-state index contributed by atoms with van der Waals surface area (Å²) in [6.07, 6.45) is 3.70. The van der Waals surface area contributed by atoms with Crippen LogP contribution in [0.2, 0.25) is 0 Å². The van der Waals surface area contributed by atoms with Gasteiger partial charge in [-0.2, -0.15) is 0 Å². The summed E-state index contributed by atoms with van der Waals surface area (Å²) in [6.45, 7) is 1.47. The molecule has 1 aromatic carbocycles. The summed E-state index contributed by atoms with van der Waals surface area (Å²) in [5, 5.41) is 6.24. The Morgan fingerprint density at radius 1 is 1.07 bits per heavy atom. The molecule has 1 aliphatic carbocycles. The van der Waals surface area contributed by atoms with Gasteiger partial charge in [-0.1, -0.05) is 24.3 Å². The van der Waals surface area contributed by atoms with Crippen molar-refractivity contribution in [3.8, 4) is 0 Å². The lowest BCUT2D eigenvalue weighted by Crippen LogP contribution is -2.44. The summed E-state index contributed by atoms with van der Waals surface area (Å²) >= 11 is 0. The van der Waals surface area contributed by atoms with Gasteiger partial charge in [0.05, 0.1) is 18.7 Å². The van der Waals surface area contributed by atoms with Crippen molar-refractivity contribution in [1.29, 1.82) is 0 Å². The Hall–Kier alpha value is -2.93. The number of likely N-dealkylation sites (tertiary alicyclic amines) is 1. The van der Waals surface area contributed by atoms with Gasteiger partial charge in [0.15, 0.2) is 0 Å². The van der Waals surface area contributed by atoms with Crippen LogP contribution in [-0.4, -0.2) is 60.6 Å². The Labute approximate surface area is 176 Å². The van der Waals surface area contributed by atoms with Crippen LogP contribution in [0.5, 0.6) is 0 Å². The molecule has 2 aromatic rings. The van der Waals surface area contributed by atoms with Crippen LogP contribution in [0, 0.1) is 11.8 Å². The van der Waals surface area contributed by atoms with Crippen molar-refractivity contribution < 1.29 is 14.3 Å². The van der Waals surface area contributed by atoms with Crippen molar-refractivity contribution in [1.82, 2.24) is 15.2 Å². The lowest BCUT2D eigenvalue weighted by Gasteiger charge is -2.37. The van der Waals surface area contributed by atoms with Crippen LogP contribution < -0.4 is 10.6 Å². The van der Waals surface area contributed by atoms with E-state index in [4.69, 9.17) is 4.74 Å². The maximum Gasteiger partial charge on any atom is 0.251 e. The quantitative estimate of drug-likeness (QED) is 0.766. The number of hydrogen-bond acceptors (Lipinski definition) is 5. The SMILES string of the molecule is CO[C@@H]1C[C@H]2CN(C(=O)CNC(=O)c3ccccc3)C[C@H]2C[C@H]1Nc1ccccn1. The summed E-state index contributed by atoms with van der Waals surface area (Å²) in [5.41, 5.74) is 0.562. The number of methoxy groups -OCH3 is 1. The monoisotopic (exact) mass is 408 g/mol. The van der Waals surface area contributed by atoms with E-state index in [0.717, 1.165) is 31.7 Å². The van der Waals surface area contributed by atoms with Crippen LogP contribution in [-0.2, 0) is 9.53 Å². The third-order valence-electron chi connectivity index (χ3n) is 6.21. The van der Waals surface area contributed by atoms with Gasteiger partial charge >= 0.3 is 0 Å². The molecule has 0 spiro atoms. The van der Waals surface area contributed by atoms with E-state index >= 15 is 0 Å². The number of carbonyl (C=O) groups is 2. The fourth-order valence-corrected chi connectivity index (χ4v) is 4.63. The highest BCUT2D eigenvalue weighted by Gasteiger charge is 2.43. The summed E-state index contributed by atoms with van der Waals surface area (Å²) in [5.74, 6) is 1.44. The number of nitrogens with one attached hydrogen (secondary N) is 2. The van der Waals surface area contributed by atoms with Gasteiger partial charge in [0.1, 0.15) is 5.82 Å². The molecular weight excluding hydrogens is 380 g/mol. The molecule has 30 heavy (non-hydrogen) atoms. The standard InChI is InChI=1S/C23H28N4O3/c1-30-20-12-18-15-27(22(28)13-25-23(29)16-7-3-2-4-8-16)14-17(18)11-19(20)26-21-9-5-6-10-24-21/h2-10,17-20H,11-15H2,1H3,(H,24,26)(H,25,29)/t17-,18+,19-,20-/m1/s1. The molecule has 7 nitrogen and oxygen atoms in total. The fourth-order valence-electron chi connectivity index (χ4n) is 4.63. The van der Waals surface area contributed by atoms with Gasteiger partial charge < -0.3 is 20.3 Å². The third kappa shape index (κ3) is 4.62. The second kappa shape index (κ2) is 9.26. The van der Waals surface area contributed by atoms with Crippen LogP contribution in [0.4, 0.5) is 5.82 Å². The molecule has 2 aliphatic rings. The van der Waals surface area contributed by atoms with Gasteiger partial charge in [-0.15, -0.1) is 0 Å². The summed E-state index contributed by atoms with van der Waals surface area (Å²) in [4.78, 5) is 31.2. The Kier molecular flexibility index (Phi) is 6.28. The van der Waals surface area contributed by atoms with Crippen LogP contribution in [0.25, 0.3) is 0 Å². The first-order valence-electron chi connectivity index (χ1n) is 10.5. The average Bonchev–Trinajstić information content (AvgIpc) is 3.21. The molecule has 2 amide bonds. The number of hydrogen-bond donors (Lipinski definition) is 2. The number of nitrogens with zero attached hydrogens (tertiary/aromatic N) is 2.